The lowest BCUT2D eigenvalue weighted by atomic mass is 10.1. The molecule has 1 atom stereocenters. The van der Waals surface area contributed by atoms with Crippen molar-refractivity contribution in [2.24, 2.45) is 5.14 Å². The van der Waals surface area contributed by atoms with Crippen LogP contribution in [0, 0.1) is 0 Å². The zero-order valence-electron chi connectivity index (χ0n) is 17.8. The molecule has 4 rings (SSSR count). The van der Waals surface area contributed by atoms with Crippen LogP contribution in [0.4, 0.5) is 5.69 Å². The third-order valence-corrected chi connectivity index (χ3v) is 7.16. The molecule has 4 aromatic rings. The van der Waals surface area contributed by atoms with Gasteiger partial charge in [-0.15, -0.1) is 0 Å². The van der Waals surface area contributed by atoms with E-state index in [0.717, 1.165) is 28.4 Å². The summed E-state index contributed by atoms with van der Waals surface area (Å²) < 4.78 is 25.4. The van der Waals surface area contributed by atoms with Gasteiger partial charge in [0, 0.05) is 17.6 Å². The van der Waals surface area contributed by atoms with E-state index in [-0.39, 0.29) is 10.8 Å². The van der Waals surface area contributed by atoms with Crippen LogP contribution >= 0.6 is 11.8 Å². The molecule has 3 aromatic carbocycles. The van der Waals surface area contributed by atoms with Gasteiger partial charge in [0.15, 0.2) is 5.16 Å². The average molecular weight is 469 g/mol. The van der Waals surface area contributed by atoms with Gasteiger partial charge in [0.1, 0.15) is 0 Å². The number of anilines is 1. The number of carbonyl (C=O) groups is 1. The maximum Gasteiger partial charge on any atom is 0.238 e. The van der Waals surface area contributed by atoms with Gasteiger partial charge >= 0.3 is 0 Å². The summed E-state index contributed by atoms with van der Waals surface area (Å²) in [6.45, 7) is 4.58. The summed E-state index contributed by atoms with van der Waals surface area (Å²) in [5.74, 6) is -0.133. The largest absolute Gasteiger partial charge is 0.325 e. The molecule has 0 aliphatic heterocycles. The smallest absolute Gasteiger partial charge is 0.238 e. The second-order valence-corrected chi connectivity index (χ2v) is 10.4. The monoisotopic (exact) mass is 468 g/mol. The normalized spacial score (nSPS) is 12.8. The fraction of sp³-hybridized carbons (Fsp3) is 0.217. The number of nitrogens with two attached hydrogens (primary N) is 1. The molecule has 0 bridgehead atoms. The number of thioether (sulfide) groups is 1. The van der Waals surface area contributed by atoms with E-state index in [1.54, 1.807) is 6.07 Å². The molecule has 9 heteroatoms. The van der Waals surface area contributed by atoms with Crippen LogP contribution in [0.5, 0.6) is 0 Å². The second kappa shape index (κ2) is 8.93. The van der Waals surface area contributed by atoms with Gasteiger partial charge in [0.25, 0.3) is 0 Å². The fourth-order valence-corrected chi connectivity index (χ4v) is 5.06. The van der Waals surface area contributed by atoms with Crippen molar-refractivity contribution in [2.75, 3.05) is 5.32 Å². The zero-order chi connectivity index (χ0) is 22.9. The molecule has 0 fully saturated rings. The van der Waals surface area contributed by atoms with E-state index < -0.39 is 15.3 Å². The van der Waals surface area contributed by atoms with Crippen molar-refractivity contribution in [1.29, 1.82) is 0 Å². The predicted molar refractivity (Wildman–Crippen MR) is 129 cm³/mol. The van der Waals surface area contributed by atoms with Crippen LogP contribution in [-0.2, 0) is 21.4 Å². The zero-order valence-corrected chi connectivity index (χ0v) is 19.4. The maximum atomic E-state index is 13.0. The first-order valence-corrected chi connectivity index (χ1v) is 12.7. The summed E-state index contributed by atoms with van der Waals surface area (Å²) in [6.07, 6.45) is 0.868. The Balaban J connectivity index is 1.61. The van der Waals surface area contributed by atoms with Crippen molar-refractivity contribution in [3.63, 3.8) is 0 Å². The van der Waals surface area contributed by atoms with Crippen molar-refractivity contribution < 1.29 is 13.2 Å². The molecule has 0 saturated carbocycles. The highest BCUT2D eigenvalue weighted by molar-refractivity contribution is 8.00. The third-order valence-electron chi connectivity index (χ3n) is 5.16. The molecule has 0 radical (unpaired) electrons. The molecule has 1 unspecified atom stereocenters. The Hall–Kier alpha value is -2.88. The molecule has 0 aliphatic rings. The highest BCUT2D eigenvalue weighted by atomic mass is 32.2. The van der Waals surface area contributed by atoms with Gasteiger partial charge in [-0.1, -0.05) is 55.1 Å². The second-order valence-electron chi connectivity index (χ2n) is 7.52. The van der Waals surface area contributed by atoms with Crippen LogP contribution < -0.4 is 10.5 Å². The standard InChI is InChI=1S/C23H24N4O3S2/c1-3-13-27-21-12-11-17(32(24,29)30)14-20(21)26-23(27)31-15(2)22(28)25-19-10-6-8-16-7-4-5-9-18(16)19/h4-12,14-15H,3,13H2,1-2H3,(H,25,28)(H2,24,29,30). The number of fused-ring (bicyclic) bond motifs is 2. The molecule has 3 N–H and O–H groups in total. The van der Waals surface area contributed by atoms with Gasteiger partial charge < -0.3 is 9.88 Å². The molecule has 1 aromatic heterocycles. The number of hydrogen-bond donors (Lipinski definition) is 2. The Kier molecular flexibility index (Phi) is 6.23. The van der Waals surface area contributed by atoms with Crippen LogP contribution in [0.2, 0.25) is 0 Å². The summed E-state index contributed by atoms with van der Waals surface area (Å²) >= 11 is 1.34. The van der Waals surface area contributed by atoms with Crippen molar-refractivity contribution in [1.82, 2.24) is 9.55 Å². The van der Waals surface area contributed by atoms with Crippen LogP contribution in [0.15, 0.2) is 70.7 Å². The van der Waals surface area contributed by atoms with Gasteiger partial charge in [-0.25, -0.2) is 18.5 Å². The predicted octanol–water partition coefficient (Wildman–Crippen LogP) is 4.37. The molecular weight excluding hydrogens is 444 g/mol. The van der Waals surface area contributed by atoms with Gasteiger partial charge in [-0.3, -0.25) is 4.79 Å². The average Bonchev–Trinajstić information content (AvgIpc) is 3.10. The first-order chi connectivity index (χ1) is 15.3. The molecule has 1 amide bonds. The summed E-state index contributed by atoms with van der Waals surface area (Å²) in [4.78, 5) is 17.6. The number of sulfonamides is 1. The highest BCUT2D eigenvalue weighted by Gasteiger charge is 2.21. The Bertz CT molecular complexity index is 1410. The Morgan fingerprint density at radius 3 is 2.66 bits per heavy atom. The lowest BCUT2D eigenvalue weighted by molar-refractivity contribution is -0.115. The van der Waals surface area contributed by atoms with E-state index in [2.05, 4.69) is 17.2 Å². The van der Waals surface area contributed by atoms with E-state index in [0.29, 0.717) is 17.2 Å². The van der Waals surface area contributed by atoms with E-state index in [1.165, 1.54) is 23.9 Å². The number of nitrogens with one attached hydrogen (secondary N) is 1. The van der Waals surface area contributed by atoms with E-state index in [1.807, 2.05) is 54.0 Å². The van der Waals surface area contributed by atoms with Gasteiger partial charge in [-0.05, 0) is 43.0 Å². The summed E-state index contributed by atoms with van der Waals surface area (Å²) in [5, 5.41) is 10.6. The number of benzene rings is 3. The van der Waals surface area contributed by atoms with Gasteiger partial charge in [0.2, 0.25) is 15.9 Å². The lowest BCUT2D eigenvalue weighted by Crippen LogP contribution is -2.23. The molecule has 32 heavy (non-hydrogen) atoms. The van der Waals surface area contributed by atoms with Gasteiger partial charge in [0.05, 0.1) is 21.2 Å². The van der Waals surface area contributed by atoms with Crippen LogP contribution in [0.3, 0.4) is 0 Å². The number of hydrogen-bond acceptors (Lipinski definition) is 5. The SMILES string of the molecule is CCCn1c(SC(C)C(=O)Nc2cccc3ccccc23)nc2cc(S(N)(=O)=O)ccc21. The molecule has 0 spiro atoms. The van der Waals surface area contributed by atoms with Crippen LogP contribution in [0.25, 0.3) is 21.8 Å². The summed E-state index contributed by atoms with van der Waals surface area (Å²) in [6, 6.07) is 18.4. The first-order valence-electron chi connectivity index (χ1n) is 10.3. The molecular formula is C23H24N4O3S2. The topological polar surface area (TPSA) is 107 Å². The van der Waals surface area contributed by atoms with E-state index in [9.17, 15) is 13.2 Å². The number of amides is 1. The van der Waals surface area contributed by atoms with Crippen LogP contribution in [-0.4, -0.2) is 29.1 Å². The molecule has 166 valence electrons. The number of nitrogens with zero attached hydrogens (tertiary/aromatic N) is 2. The Morgan fingerprint density at radius 2 is 1.91 bits per heavy atom. The number of primary sulfonamides is 1. The highest BCUT2D eigenvalue weighted by Crippen LogP contribution is 2.30. The quantitative estimate of drug-likeness (QED) is 0.392. The summed E-state index contributed by atoms with van der Waals surface area (Å²) in [5.41, 5.74) is 2.11. The number of imidazole rings is 1. The van der Waals surface area contributed by atoms with Crippen molar-refractivity contribution >= 4 is 55.2 Å². The van der Waals surface area contributed by atoms with Crippen molar-refractivity contribution in [2.45, 2.75) is 42.1 Å². The first kappa shape index (κ1) is 22.3. The Labute approximate surface area is 191 Å². The lowest BCUT2D eigenvalue weighted by Gasteiger charge is -2.14. The molecule has 7 nitrogen and oxygen atoms in total. The number of carbonyl (C=O) groups excluding carboxylic acids is 1. The number of aryl methyl sites for hydroxylation is 1. The third kappa shape index (κ3) is 4.50. The van der Waals surface area contributed by atoms with Crippen LogP contribution in [0.1, 0.15) is 20.3 Å². The maximum absolute atomic E-state index is 13.0. The minimum absolute atomic E-state index is 0.0180. The molecule has 0 saturated heterocycles. The fourth-order valence-electron chi connectivity index (χ4n) is 3.57. The van der Waals surface area contributed by atoms with Crippen molar-refractivity contribution in [3.8, 4) is 0 Å². The van der Waals surface area contributed by atoms with Crippen molar-refractivity contribution in [3.05, 3.63) is 60.7 Å². The molecule has 1 heterocycles. The van der Waals surface area contributed by atoms with E-state index >= 15 is 0 Å². The Morgan fingerprint density at radius 1 is 1.16 bits per heavy atom. The van der Waals surface area contributed by atoms with E-state index in [4.69, 9.17) is 5.14 Å². The molecule has 0 aliphatic carbocycles. The van der Waals surface area contributed by atoms with Gasteiger partial charge in [-0.2, -0.15) is 0 Å². The number of rotatable bonds is 7. The minimum atomic E-state index is -3.82. The summed E-state index contributed by atoms with van der Waals surface area (Å²) in [7, 11) is -3.82. The number of aromatic nitrogens is 2. The minimum Gasteiger partial charge on any atom is -0.325 e.